The average Bonchev–Trinajstić information content (AvgIpc) is 3.02. The van der Waals surface area contributed by atoms with Gasteiger partial charge in [0.15, 0.2) is 11.2 Å². The van der Waals surface area contributed by atoms with E-state index in [0.717, 1.165) is 51.5 Å². The Morgan fingerprint density at radius 1 is 1.00 bits per heavy atom. The molecule has 2 aromatic rings. The molecule has 0 bridgehead atoms. The molecule has 0 spiro atoms. The van der Waals surface area contributed by atoms with Gasteiger partial charge in [-0.2, -0.15) is 0 Å². The highest BCUT2D eigenvalue weighted by Gasteiger charge is 2.17. The number of rotatable bonds is 11. The second-order valence-corrected chi connectivity index (χ2v) is 6.49. The van der Waals surface area contributed by atoms with Crippen LogP contribution in [0.4, 0.5) is 0 Å². The second-order valence-electron chi connectivity index (χ2n) is 6.49. The van der Waals surface area contributed by atoms with Gasteiger partial charge in [0, 0.05) is 19.6 Å². The number of nitrogens with zero attached hydrogens (tertiary/aromatic N) is 4. The van der Waals surface area contributed by atoms with E-state index in [-0.39, 0.29) is 11.2 Å². The molecule has 2 aromatic heterocycles. The van der Waals surface area contributed by atoms with E-state index in [2.05, 4.69) is 25.4 Å². The third-order valence-electron chi connectivity index (χ3n) is 4.51. The molecule has 0 aromatic carbocycles. The number of fused-ring (bicyclic) bond motifs is 1. The molecule has 0 amide bonds. The summed E-state index contributed by atoms with van der Waals surface area (Å²) >= 11 is 0. The topological polar surface area (TPSA) is 61.8 Å². The Morgan fingerprint density at radius 3 is 2.32 bits per heavy atom. The number of hydrogen-bond acceptors (Lipinski definition) is 3. The number of imidazole rings is 1. The number of unbranched alkanes of at least 4 members (excludes halogenated alkanes) is 4. The Hall–Kier alpha value is -2.11. The Bertz CT molecular complexity index is 813. The van der Waals surface area contributed by atoms with E-state index in [1.807, 2.05) is 10.6 Å². The molecule has 0 unspecified atom stereocenters. The molecule has 138 valence electrons. The molecular weight excluding hydrogens is 316 g/mol. The lowest BCUT2D eigenvalue weighted by Gasteiger charge is -2.12. The van der Waals surface area contributed by atoms with Crippen molar-refractivity contribution in [1.29, 1.82) is 0 Å². The Morgan fingerprint density at radius 2 is 1.68 bits per heavy atom. The van der Waals surface area contributed by atoms with Crippen LogP contribution in [0.1, 0.15) is 58.8 Å². The molecule has 0 aliphatic rings. The summed E-state index contributed by atoms with van der Waals surface area (Å²) in [7, 11) is 0. The Kier molecular flexibility index (Phi) is 7.22. The van der Waals surface area contributed by atoms with Crippen molar-refractivity contribution in [2.45, 2.75) is 78.4 Å². The molecule has 0 atom stereocenters. The van der Waals surface area contributed by atoms with Gasteiger partial charge in [-0.25, -0.2) is 9.78 Å². The molecule has 0 fully saturated rings. The first-order chi connectivity index (χ1) is 12.2. The highest BCUT2D eigenvalue weighted by Crippen LogP contribution is 2.10. The van der Waals surface area contributed by atoms with Crippen LogP contribution >= 0.6 is 0 Å². The minimum absolute atomic E-state index is 0.206. The second kappa shape index (κ2) is 9.39. The van der Waals surface area contributed by atoms with E-state index in [1.54, 1.807) is 10.9 Å². The van der Waals surface area contributed by atoms with Crippen LogP contribution in [0.25, 0.3) is 11.2 Å². The molecule has 2 rings (SSSR count). The fraction of sp³-hybridized carbons (Fsp3) is 0.632. The minimum Gasteiger partial charge on any atom is -0.325 e. The third kappa shape index (κ3) is 4.30. The normalized spacial score (nSPS) is 11.3. The van der Waals surface area contributed by atoms with Crippen LogP contribution < -0.4 is 11.2 Å². The molecule has 0 N–H and O–H groups in total. The van der Waals surface area contributed by atoms with Gasteiger partial charge in [0.1, 0.15) is 0 Å². The van der Waals surface area contributed by atoms with Crippen LogP contribution in [0, 0.1) is 0 Å². The number of allylic oxidation sites excluding steroid dienone is 1. The van der Waals surface area contributed by atoms with E-state index in [1.165, 1.54) is 4.57 Å². The van der Waals surface area contributed by atoms with Crippen molar-refractivity contribution in [3.63, 3.8) is 0 Å². The summed E-state index contributed by atoms with van der Waals surface area (Å²) in [6, 6.07) is 0. The maximum absolute atomic E-state index is 12.9. The van der Waals surface area contributed by atoms with Crippen LogP contribution in [0.15, 0.2) is 28.6 Å². The van der Waals surface area contributed by atoms with Gasteiger partial charge < -0.3 is 4.57 Å². The standard InChI is InChI=1S/C19H30N4O2/c1-4-7-10-11-12-21-15-20-17-16(21)18(24)23(14-9-6-3)19(25)22(17)13-8-5-2/h4,15H,1,5-14H2,2-3H3. The average molecular weight is 346 g/mol. The van der Waals surface area contributed by atoms with Crippen molar-refractivity contribution < 1.29 is 0 Å². The van der Waals surface area contributed by atoms with Crippen LogP contribution in [-0.2, 0) is 19.6 Å². The molecular formula is C19H30N4O2. The van der Waals surface area contributed by atoms with Crippen molar-refractivity contribution in [3.05, 3.63) is 39.8 Å². The first kappa shape index (κ1) is 19.2. The van der Waals surface area contributed by atoms with Gasteiger partial charge in [0.2, 0.25) is 0 Å². The molecule has 0 aliphatic heterocycles. The molecule has 25 heavy (non-hydrogen) atoms. The zero-order valence-electron chi connectivity index (χ0n) is 15.5. The first-order valence-corrected chi connectivity index (χ1v) is 9.45. The lowest BCUT2D eigenvalue weighted by molar-refractivity contribution is 0.528. The summed E-state index contributed by atoms with van der Waals surface area (Å²) in [6.07, 6.45) is 10.2. The van der Waals surface area contributed by atoms with Gasteiger partial charge in [-0.05, 0) is 32.1 Å². The zero-order chi connectivity index (χ0) is 18.2. The molecule has 0 radical (unpaired) electrons. The molecule has 0 saturated heterocycles. The highest BCUT2D eigenvalue weighted by atomic mass is 16.2. The summed E-state index contributed by atoms with van der Waals surface area (Å²) in [5.41, 5.74) is 0.657. The Labute approximate surface area is 148 Å². The van der Waals surface area contributed by atoms with E-state index >= 15 is 0 Å². The monoisotopic (exact) mass is 346 g/mol. The van der Waals surface area contributed by atoms with Crippen molar-refractivity contribution in [2.75, 3.05) is 0 Å². The van der Waals surface area contributed by atoms with E-state index in [0.29, 0.717) is 24.3 Å². The summed E-state index contributed by atoms with van der Waals surface area (Å²) in [4.78, 5) is 30.1. The van der Waals surface area contributed by atoms with Crippen LogP contribution in [-0.4, -0.2) is 18.7 Å². The van der Waals surface area contributed by atoms with Crippen molar-refractivity contribution in [1.82, 2.24) is 18.7 Å². The lowest BCUT2D eigenvalue weighted by atomic mass is 10.2. The molecule has 2 heterocycles. The summed E-state index contributed by atoms with van der Waals surface area (Å²) in [6.45, 7) is 9.70. The largest absolute Gasteiger partial charge is 0.332 e. The molecule has 0 saturated carbocycles. The van der Waals surface area contributed by atoms with E-state index in [4.69, 9.17) is 0 Å². The summed E-state index contributed by atoms with van der Waals surface area (Å²) < 4.78 is 4.98. The lowest BCUT2D eigenvalue weighted by Crippen LogP contribution is -2.40. The Balaban J connectivity index is 2.50. The maximum Gasteiger partial charge on any atom is 0.332 e. The quantitative estimate of drug-likeness (QED) is 0.463. The fourth-order valence-corrected chi connectivity index (χ4v) is 3.01. The van der Waals surface area contributed by atoms with Crippen LogP contribution in [0.2, 0.25) is 0 Å². The SMILES string of the molecule is C=CCCCCn1cnc2c1c(=O)n(CCCC)c(=O)n2CCCC. The third-order valence-corrected chi connectivity index (χ3v) is 4.51. The molecule has 0 aliphatic carbocycles. The van der Waals surface area contributed by atoms with E-state index < -0.39 is 0 Å². The minimum atomic E-state index is -0.226. The van der Waals surface area contributed by atoms with Crippen LogP contribution in [0.3, 0.4) is 0 Å². The molecule has 6 nitrogen and oxygen atoms in total. The summed E-state index contributed by atoms with van der Waals surface area (Å²) in [5, 5.41) is 0. The van der Waals surface area contributed by atoms with Gasteiger partial charge in [0.05, 0.1) is 6.33 Å². The van der Waals surface area contributed by atoms with Gasteiger partial charge >= 0.3 is 5.69 Å². The van der Waals surface area contributed by atoms with Gasteiger partial charge in [-0.1, -0.05) is 32.8 Å². The van der Waals surface area contributed by atoms with E-state index in [9.17, 15) is 9.59 Å². The number of aromatic nitrogens is 4. The fourth-order valence-electron chi connectivity index (χ4n) is 3.01. The van der Waals surface area contributed by atoms with Gasteiger partial charge in [-0.15, -0.1) is 6.58 Å². The smallest absolute Gasteiger partial charge is 0.325 e. The highest BCUT2D eigenvalue weighted by molar-refractivity contribution is 5.70. The zero-order valence-corrected chi connectivity index (χ0v) is 15.5. The predicted octanol–water partition coefficient (Wildman–Crippen LogP) is 3.32. The maximum atomic E-state index is 12.9. The van der Waals surface area contributed by atoms with Crippen molar-refractivity contribution >= 4 is 11.2 Å². The van der Waals surface area contributed by atoms with Gasteiger partial charge in [0.25, 0.3) is 5.56 Å². The number of hydrogen-bond donors (Lipinski definition) is 0. The van der Waals surface area contributed by atoms with Gasteiger partial charge in [-0.3, -0.25) is 13.9 Å². The van der Waals surface area contributed by atoms with Crippen molar-refractivity contribution in [3.8, 4) is 0 Å². The first-order valence-electron chi connectivity index (χ1n) is 9.45. The number of aryl methyl sites for hydroxylation is 2. The van der Waals surface area contributed by atoms with Crippen LogP contribution in [0.5, 0.6) is 0 Å². The molecule has 6 heteroatoms. The summed E-state index contributed by atoms with van der Waals surface area (Å²) in [5.74, 6) is 0. The predicted molar refractivity (Wildman–Crippen MR) is 102 cm³/mol. The van der Waals surface area contributed by atoms with Crippen molar-refractivity contribution in [2.24, 2.45) is 0 Å².